The van der Waals surface area contributed by atoms with E-state index in [0.717, 1.165) is 28.2 Å². The highest BCUT2D eigenvalue weighted by atomic mass is 16.5. The fourth-order valence-electron chi connectivity index (χ4n) is 3.09. The molecule has 0 atom stereocenters. The summed E-state index contributed by atoms with van der Waals surface area (Å²) < 4.78 is 12.2. The molecule has 0 aliphatic rings. The lowest BCUT2D eigenvalue weighted by atomic mass is 10.0. The van der Waals surface area contributed by atoms with Crippen molar-refractivity contribution in [3.63, 3.8) is 0 Å². The Morgan fingerprint density at radius 2 is 1.68 bits per heavy atom. The second-order valence-electron chi connectivity index (χ2n) is 8.82. The first-order valence-corrected chi connectivity index (χ1v) is 10.6. The van der Waals surface area contributed by atoms with Crippen molar-refractivity contribution in [2.75, 3.05) is 6.54 Å². The molecule has 3 aromatic rings. The van der Waals surface area contributed by atoms with Crippen LogP contribution in [0.1, 0.15) is 47.8 Å². The average Bonchev–Trinajstić information content (AvgIpc) is 2.72. The number of carbonyl (C=O) groups is 1. The lowest BCUT2D eigenvalue weighted by Gasteiger charge is -2.20. The molecular formula is C27H31NO3. The van der Waals surface area contributed by atoms with Gasteiger partial charge in [-0.15, -0.1) is 0 Å². The smallest absolute Gasteiger partial charge is 0.176 e. The van der Waals surface area contributed by atoms with Gasteiger partial charge in [-0.05, 0) is 82.1 Å². The van der Waals surface area contributed by atoms with E-state index >= 15 is 0 Å². The number of ketones is 1. The van der Waals surface area contributed by atoms with Crippen molar-refractivity contribution < 1.29 is 14.3 Å². The molecule has 0 aliphatic heterocycles. The highest BCUT2D eigenvalue weighted by molar-refractivity contribution is 5.98. The van der Waals surface area contributed by atoms with Crippen molar-refractivity contribution in [2.24, 2.45) is 0 Å². The number of ether oxygens (including phenoxy) is 2. The standard InChI is InChI=1S/C27H31NO3/c1-19-9-8-11-23(15-19)31-26-14-13-21(24(29)17-28-27(3,4)5)16-22(26)18-30-25-12-7-6-10-20(25)2/h6-16,28H,17-18H2,1-5H3. The molecule has 0 aromatic heterocycles. The number of Topliss-reactive ketones (excluding diaryl/α,β-unsaturated/α-hetero) is 1. The minimum absolute atomic E-state index is 0.0363. The minimum Gasteiger partial charge on any atom is -0.488 e. The maximum atomic E-state index is 12.7. The molecule has 162 valence electrons. The van der Waals surface area contributed by atoms with E-state index in [1.54, 1.807) is 0 Å². The van der Waals surface area contributed by atoms with Crippen LogP contribution in [0.2, 0.25) is 0 Å². The molecular weight excluding hydrogens is 386 g/mol. The van der Waals surface area contributed by atoms with Crippen LogP contribution >= 0.6 is 0 Å². The fraction of sp³-hybridized carbons (Fsp3) is 0.296. The minimum atomic E-state index is -0.124. The molecule has 4 nitrogen and oxygen atoms in total. The van der Waals surface area contributed by atoms with E-state index < -0.39 is 0 Å². The van der Waals surface area contributed by atoms with E-state index in [1.807, 2.05) is 101 Å². The Labute approximate surface area is 185 Å². The van der Waals surface area contributed by atoms with Crippen LogP contribution in [0.4, 0.5) is 0 Å². The number of aryl methyl sites for hydroxylation is 2. The van der Waals surface area contributed by atoms with Crippen molar-refractivity contribution in [2.45, 2.75) is 46.8 Å². The van der Waals surface area contributed by atoms with Gasteiger partial charge in [0.05, 0.1) is 6.54 Å². The number of hydrogen-bond acceptors (Lipinski definition) is 4. The summed E-state index contributed by atoms with van der Waals surface area (Å²) in [6.45, 7) is 10.7. The van der Waals surface area contributed by atoms with Gasteiger partial charge in [-0.2, -0.15) is 0 Å². The third-order valence-corrected chi connectivity index (χ3v) is 4.86. The van der Waals surface area contributed by atoms with E-state index in [4.69, 9.17) is 9.47 Å². The molecule has 0 fully saturated rings. The molecule has 0 aliphatic carbocycles. The first-order chi connectivity index (χ1) is 14.7. The zero-order valence-corrected chi connectivity index (χ0v) is 19.0. The molecule has 0 spiro atoms. The van der Waals surface area contributed by atoms with Gasteiger partial charge >= 0.3 is 0 Å². The largest absolute Gasteiger partial charge is 0.488 e. The molecule has 4 heteroatoms. The predicted molar refractivity (Wildman–Crippen MR) is 125 cm³/mol. The maximum absolute atomic E-state index is 12.7. The van der Waals surface area contributed by atoms with Crippen LogP contribution in [0.25, 0.3) is 0 Å². The Kier molecular flexibility index (Phi) is 7.13. The van der Waals surface area contributed by atoms with Crippen LogP contribution in [-0.4, -0.2) is 17.9 Å². The lowest BCUT2D eigenvalue weighted by Crippen LogP contribution is -2.39. The molecule has 0 radical (unpaired) electrons. The van der Waals surface area contributed by atoms with Gasteiger partial charge in [0, 0.05) is 16.7 Å². The molecule has 0 bridgehead atoms. The average molecular weight is 418 g/mol. The third-order valence-electron chi connectivity index (χ3n) is 4.86. The van der Waals surface area contributed by atoms with Gasteiger partial charge in [-0.1, -0.05) is 30.3 Å². The van der Waals surface area contributed by atoms with E-state index in [2.05, 4.69) is 5.32 Å². The van der Waals surface area contributed by atoms with Crippen LogP contribution in [-0.2, 0) is 6.61 Å². The number of nitrogens with one attached hydrogen (secondary N) is 1. The van der Waals surface area contributed by atoms with Crippen LogP contribution in [0.15, 0.2) is 66.7 Å². The van der Waals surface area contributed by atoms with Crippen LogP contribution in [0.3, 0.4) is 0 Å². The molecule has 0 unspecified atom stereocenters. The summed E-state index contributed by atoms with van der Waals surface area (Å²) in [5.74, 6) is 2.29. The van der Waals surface area contributed by atoms with Crippen molar-refractivity contribution in [3.8, 4) is 17.2 Å². The first kappa shape index (κ1) is 22.6. The summed E-state index contributed by atoms with van der Waals surface area (Å²) in [6, 6.07) is 21.3. The van der Waals surface area contributed by atoms with Gasteiger partial charge in [0.15, 0.2) is 5.78 Å². The third kappa shape index (κ3) is 6.69. The fourth-order valence-corrected chi connectivity index (χ4v) is 3.09. The molecule has 1 N–H and O–H groups in total. The lowest BCUT2D eigenvalue weighted by molar-refractivity contribution is 0.0982. The van der Waals surface area contributed by atoms with Crippen molar-refractivity contribution in [3.05, 3.63) is 89.0 Å². The second kappa shape index (κ2) is 9.80. The number of para-hydroxylation sites is 1. The summed E-state index contributed by atoms with van der Waals surface area (Å²) in [6.07, 6.45) is 0. The van der Waals surface area contributed by atoms with Crippen LogP contribution < -0.4 is 14.8 Å². The first-order valence-electron chi connectivity index (χ1n) is 10.6. The van der Waals surface area contributed by atoms with Crippen molar-refractivity contribution in [1.82, 2.24) is 5.32 Å². The Morgan fingerprint density at radius 3 is 2.39 bits per heavy atom. The van der Waals surface area contributed by atoms with Gasteiger partial charge in [-0.3, -0.25) is 4.79 Å². The monoisotopic (exact) mass is 417 g/mol. The summed E-state index contributed by atoms with van der Waals surface area (Å²) in [5, 5.41) is 3.25. The van der Waals surface area contributed by atoms with Gasteiger partial charge in [0.25, 0.3) is 0 Å². The Hall–Kier alpha value is -3.11. The molecule has 3 rings (SSSR count). The Balaban J connectivity index is 1.86. The maximum Gasteiger partial charge on any atom is 0.176 e. The van der Waals surface area contributed by atoms with Gasteiger partial charge in [-0.25, -0.2) is 0 Å². The molecule has 31 heavy (non-hydrogen) atoms. The highest BCUT2D eigenvalue weighted by Crippen LogP contribution is 2.29. The summed E-state index contributed by atoms with van der Waals surface area (Å²) in [5.41, 5.74) is 3.52. The SMILES string of the molecule is Cc1cccc(Oc2ccc(C(=O)CNC(C)(C)C)cc2COc2ccccc2C)c1. The van der Waals surface area contributed by atoms with Crippen molar-refractivity contribution >= 4 is 5.78 Å². The summed E-state index contributed by atoms with van der Waals surface area (Å²) in [4.78, 5) is 12.7. The van der Waals surface area contributed by atoms with E-state index in [1.165, 1.54) is 0 Å². The topological polar surface area (TPSA) is 47.6 Å². The van der Waals surface area contributed by atoms with Gasteiger partial charge in [0.1, 0.15) is 23.9 Å². The molecule has 0 amide bonds. The summed E-state index contributed by atoms with van der Waals surface area (Å²) >= 11 is 0. The second-order valence-corrected chi connectivity index (χ2v) is 8.82. The number of benzene rings is 3. The van der Waals surface area contributed by atoms with Gasteiger partial charge < -0.3 is 14.8 Å². The molecule has 3 aromatic carbocycles. The van der Waals surface area contributed by atoms with E-state index in [-0.39, 0.29) is 17.9 Å². The Bertz CT molecular complexity index is 1050. The number of carbonyl (C=O) groups excluding carboxylic acids is 1. The molecule has 0 saturated heterocycles. The van der Waals surface area contributed by atoms with Crippen LogP contribution in [0, 0.1) is 13.8 Å². The van der Waals surface area contributed by atoms with Crippen LogP contribution in [0.5, 0.6) is 17.2 Å². The van der Waals surface area contributed by atoms with Gasteiger partial charge in [0.2, 0.25) is 0 Å². The number of rotatable bonds is 8. The Morgan fingerprint density at radius 1 is 0.903 bits per heavy atom. The molecule has 0 heterocycles. The quantitative estimate of drug-likeness (QED) is 0.440. The van der Waals surface area contributed by atoms with E-state index in [9.17, 15) is 4.79 Å². The normalized spacial score (nSPS) is 11.3. The zero-order chi connectivity index (χ0) is 22.4. The zero-order valence-electron chi connectivity index (χ0n) is 19.0. The van der Waals surface area contributed by atoms with Crippen molar-refractivity contribution in [1.29, 1.82) is 0 Å². The predicted octanol–water partition coefficient (Wildman–Crippen LogP) is 6.25. The molecule has 0 saturated carbocycles. The summed E-state index contributed by atoms with van der Waals surface area (Å²) in [7, 11) is 0. The number of hydrogen-bond donors (Lipinski definition) is 1. The van der Waals surface area contributed by atoms with E-state index in [0.29, 0.717) is 17.9 Å². The highest BCUT2D eigenvalue weighted by Gasteiger charge is 2.16.